The fourth-order valence-electron chi connectivity index (χ4n) is 3.51. The second kappa shape index (κ2) is 6.04. The predicted molar refractivity (Wildman–Crippen MR) is 103 cm³/mol. The van der Waals surface area contributed by atoms with Gasteiger partial charge in [0.05, 0.1) is 0 Å². The van der Waals surface area contributed by atoms with Crippen LogP contribution in [0.2, 0.25) is 0 Å². The van der Waals surface area contributed by atoms with Gasteiger partial charge in [0.2, 0.25) is 0 Å². The minimum atomic E-state index is 0. The van der Waals surface area contributed by atoms with Crippen LogP contribution >= 0.6 is 0 Å². The monoisotopic (exact) mass is 302 g/mol. The molecule has 0 amide bonds. The largest absolute Gasteiger partial charge is 0.0776 e. The molecule has 1 aliphatic carbocycles. The maximum atomic E-state index is 2.37. The summed E-state index contributed by atoms with van der Waals surface area (Å²) < 4.78 is 0. The number of fused-ring (bicyclic) bond motifs is 3. The highest BCUT2D eigenvalue weighted by Crippen LogP contribution is 2.49. The molecule has 0 saturated heterocycles. The fourth-order valence-corrected chi connectivity index (χ4v) is 3.51. The summed E-state index contributed by atoms with van der Waals surface area (Å²) in [6.45, 7) is 4.65. The Morgan fingerprint density at radius 2 is 1.17 bits per heavy atom. The van der Waals surface area contributed by atoms with E-state index >= 15 is 0 Å². The topological polar surface area (TPSA) is 0 Å². The lowest BCUT2D eigenvalue weighted by Crippen LogP contribution is -2.14. The molecule has 0 bridgehead atoms. The van der Waals surface area contributed by atoms with Crippen LogP contribution in [0.15, 0.2) is 72.8 Å². The third-order valence-corrected chi connectivity index (χ3v) is 4.69. The van der Waals surface area contributed by atoms with Crippen LogP contribution in [-0.2, 0) is 5.41 Å². The van der Waals surface area contributed by atoms with Crippen LogP contribution < -0.4 is 0 Å². The van der Waals surface area contributed by atoms with Crippen molar-refractivity contribution >= 4 is 0 Å². The average molecular weight is 302 g/mol. The van der Waals surface area contributed by atoms with E-state index in [1.54, 1.807) is 0 Å². The van der Waals surface area contributed by atoms with E-state index < -0.39 is 0 Å². The minimum Gasteiger partial charge on any atom is -0.0776 e. The van der Waals surface area contributed by atoms with Gasteiger partial charge in [0, 0.05) is 5.41 Å². The highest BCUT2D eigenvalue weighted by Gasteiger charge is 2.35. The normalized spacial score (nSPS) is 13.3. The molecule has 3 aromatic carbocycles. The van der Waals surface area contributed by atoms with E-state index in [-0.39, 0.29) is 20.3 Å². The van der Waals surface area contributed by atoms with Gasteiger partial charge in [-0.1, -0.05) is 95.4 Å². The standard InChI is InChI=1S/C21H18.2CH4/c1-21(2)19-11-7-6-10-17(19)18-13-12-16(14-20(18)21)15-8-4-3-5-9-15;;/h3-14H,1-2H3;2*1H4. The Hall–Kier alpha value is -2.34. The summed E-state index contributed by atoms with van der Waals surface area (Å²) in [5.41, 5.74) is 8.31. The number of hydrogen-bond donors (Lipinski definition) is 0. The zero-order valence-corrected chi connectivity index (χ0v) is 12.4. The molecular weight excluding hydrogens is 276 g/mol. The zero-order chi connectivity index (χ0) is 14.4. The molecule has 0 aliphatic heterocycles. The van der Waals surface area contributed by atoms with Crippen LogP contribution in [0, 0.1) is 0 Å². The summed E-state index contributed by atoms with van der Waals surface area (Å²) >= 11 is 0. The van der Waals surface area contributed by atoms with Crippen molar-refractivity contribution < 1.29 is 0 Å². The van der Waals surface area contributed by atoms with Gasteiger partial charge in [-0.2, -0.15) is 0 Å². The smallest absolute Gasteiger partial charge is 0.0159 e. The predicted octanol–water partition coefficient (Wildman–Crippen LogP) is 6.93. The molecule has 0 heterocycles. The zero-order valence-electron chi connectivity index (χ0n) is 12.4. The molecule has 0 spiro atoms. The van der Waals surface area contributed by atoms with Crippen LogP contribution in [-0.4, -0.2) is 0 Å². The van der Waals surface area contributed by atoms with Crippen molar-refractivity contribution in [2.45, 2.75) is 34.1 Å². The first-order valence-corrected chi connectivity index (χ1v) is 7.48. The SMILES string of the molecule is C.C.CC1(C)c2ccccc2-c2ccc(-c3ccccc3)cc21. The van der Waals surface area contributed by atoms with Gasteiger partial charge in [-0.3, -0.25) is 0 Å². The summed E-state index contributed by atoms with van der Waals surface area (Å²) in [4.78, 5) is 0. The van der Waals surface area contributed by atoms with Gasteiger partial charge >= 0.3 is 0 Å². The van der Waals surface area contributed by atoms with Gasteiger partial charge in [-0.15, -0.1) is 0 Å². The van der Waals surface area contributed by atoms with Gasteiger partial charge in [0.1, 0.15) is 0 Å². The molecule has 0 fully saturated rings. The first-order chi connectivity index (χ1) is 10.2. The summed E-state index contributed by atoms with van der Waals surface area (Å²) in [6.07, 6.45) is 0. The Labute approximate surface area is 140 Å². The summed E-state index contributed by atoms with van der Waals surface area (Å²) in [5, 5.41) is 0. The summed E-state index contributed by atoms with van der Waals surface area (Å²) in [7, 11) is 0. The van der Waals surface area contributed by atoms with E-state index in [9.17, 15) is 0 Å². The Morgan fingerprint density at radius 1 is 0.565 bits per heavy atom. The molecule has 0 N–H and O–H groups in total. The van der Waals surface area contributed by atoms with Crippen LogP contribution in [0.25, 0.3) is 22.3 Å². The second-order valence-corrected chi connectivity index (χ2v) is 6.30. The second-order valence-electron chi connectivity index (χ2n) is 6.30. The number of rotatable bonds is 1. The van der Waals surface area contributed by atoms with Crippen LogP contribution in [0.4, 0.5) is 0 Å². The third-order valence-electron chi connectivity index (χ3n) is 4.69. The molecular formula is C23H26. The quantitative estimate of drug-likeness (QED) is 0.457. The Kier molecular flexibility index (Phi) is 4.47. The van der Waals surface area contributed by atoms with Gasteiger partial charge in [-0.25, -0.2) is 0 Å². The van der Waals surface area contributed by atoms with E-state index in [2.05, 4.69) is 86.6 Å². The lowest BCUT2D eigenvalue weighted by Gasteiger charge is -2.22. The molecule has 0 aromatic heterocycles. The number of benzene rings is 3. The van der Waals surface area contributed by atoms with Crippen LogP contribution in [0.3, 0.4) is 0 Å². The molecule has 0 saturated carbocycles. The highest BCUT2D eigenvalue weighted by molar-refractivity contribution is 5.83. The maximum absolute atomic E-state index is 2.37. The fraction of sp³-hybridized carbons (Fsp3) is 0.217. The molecule has 118 valence electrons. The van der Waals surface area contributed by atoms with Crippen molar-refractivity contribution in [3.8, 4) is 22.3 Å². The van der Waals surface area contributed by atoms with Crippen molar-refractivity contribution in [1.29, 1.82) is 0 Å². The lowest BCUT2D eigenvalue weighted by molar-refractivity contribution is 0.660. The first-order valence-electron chi connectivity index (χ1n) is 7.48. The van der Waals surface area contributed by atoms with Gasteiger partial charge < -0.3 is 0 Å². The minimum absolute atomic E-state index is 0. The van der Waals surface area contributed by atoms with Crippen LogP contribution in [0.5, 0.6) is 0 Å². The van der Waals surface area contributed by atoms with E-state index in [4.69, 9.17) is 0 Å². The van der Waals surface area contributed by atoms with Crippen molar-refractivity contribution in [3.63, 3.8) is 0 Å². The Morgan fingerprint density at radius 3 is 1.91 bits per heavy atom. The molecule has 23 heavy (non-hydrogen) atoms. The molecule has 1 aliphatic rings. The number of hydrogen-bond acceptors (Lipinski definition) is 0. The molecule has 0 unspecified atom stereocenters. The molecule has 0 radical (unpaired) electrons. The van der Waals surface area contributed by atoms with E-state index in [0.29, 0.717) is 0 Å². The van der Waals surface area contributed by atoms with E-state index in [0.717, 1.165) is 0 Å². The van der Waals surface area contributed by atoms with E-state index in [1.165, 1.54) is 33.4 Å². The molecule has 0 heteroatoms. The Balaban J connectivity index is 0.000000960. The molecule has 0 atom stereocenters. The highest BCUT2D eigenvalue weighted by atomic mass is 14.4. The summed E-state index contributed by atoms with van der Waals surface area (Å²) in [6, 6.07) is 26.3. The van der Waals surface area contributed by atoms with Crippen LogP contribution in [0.1, 0.15) is 39.8 Å². The molecule has 4 rings (SSSR count). The van der Waals surface area contributed by atoms with Gasteiger partial charge in [0.15, 0.2) is 0 Å². The van der Waals surface area contributed by atoms with Crippen molar-refractivity contribution in [3.05, 3.63) is 83.9 Å². The third kappa shape index (κ3) is 2.49. The average Bonchev–Trinajstić information content (AvgIpc) is 2.77. The molecule has 0 nitrogen and oxygen atoms in total. The van der Waals surface area contributed by atoms with Crippen molar-refractivity contribution in [2.24, 2.45) is 0 Å². The van der Waals surface area contributed by atoms with Gasteiger partial charge in [-0.05, 0) is 39.4 Å². The van der Waals surface area contributed by atoms with Crippen molar-refractivity contribution in [2.75, 3.05) is 0 Å². The first kappa shape index (κ1) is 17.0. The summed E-state index contributed by atoms with van der Waals surface area (Å²) in [5.74, 6) is 0. The van der Waals surface area contributed by atoms with Crippen molar-refractivity contribution in [1.82, 2.24) is 0 Å². The van der Waals surface area contributed by atoms with Gasteiger partial charge in [0.25, 0.3) is 0 Å². The molecule has 3 aromatic rings. The maximum Gasteiger partial charge on any atom is 0.0159 e. The lowest BCUT2D eigenvalue weighted by atomic mass is 9.81. The van der Waals surface area contributed by atoms with E-state index in [1.807, 2.05) is 0 Å². The Bertz CT molecular complexity index is 810.